The van der Waals surface area contributed by atoms with Crippen molar-refractivity contribution in [1.82, 2.24) is 10.4 Å². The van der Waals surface area contributed by atoms with Gasteiger partial charge in [0.05, 0.1) is 13.2 Å². The average Bonchev–Trinajstić information content (AvgIpc) is 2.72. The first kappa shape index (κ1) is 10.1. The molecule has 0 radical (unpaired) electrons. The summed E-state index contributed by atoms with van der Waals surface area (Å²) in [5, 5.41) is 6.55. The molecule has 0 amide bonds. The molecule has 2 rings (SSSR count). The predicted octanol–water partition coefficient (Wildman–Crippen LogP) is 1.65. The molecule has 1 atom stereocenters. The highest BCUT2D eigenvalue weighted by Crippen LogP contribution is 2.16. The van der Waals surface area contributed by atoms with Crippen molar-refractivity contribution in [3.63, 3.8) is 0 Å². The summed E-state index contributed by atoms with van der Waals surface area (Å²) in [5.41, 5.74) is 4.84. The first-order valence-electron chi connectivity index (χ1n) is 4.97. The summed E-state index contributed by atoms with van der Waals surface area (Å²) in [6.07, 6.45) is 0. The molecule has 1 aromatic heterocycles. The van der Waals surface area contributed by atoms with Gasteiger partial charge < -0.3 is 4.74 Å². The number of rotatable bonds is 3. The molecule has 0 bridgehead atoms. The first-order chi connectivity index (χ1) is 6.86. The average molecular weight is 212 g/mol. The molecule has 14 heavy (non-hydrogen) atoms. The maximum atomic E-state index is 5.29. The fourth-order valence-corrected chi connectivity index (χ4v) is 2.32. The van der Waals surface area contributed by atoms with Crippen LogP contribution in [-0.4, -0.2) is 31.3 Å². The van der Waals surface area contributed by atoms with Crippen LogP contribution in [-0.2, 0) is 4.74 Å². The van der Waals surface area contributed by atoms with Crippen LogP contribution in [0.4, 0.5) is 0 Å². The number of thiophene rings is 1. The van der Waals surface area contributed by atoms with Crippen molar-refractivity contribution in [2.24, 2.45) is 0 Å². The Morgan fingerprint density at radius 3 is 2.93 bits per heavy atom. The Morgan fingerprint density at radius 1 is 1.50 bits per heavy atom. The molecule has 0 spiro atoms. The third-order valence-electron chi connectivity index (χ3n) is 2.43. The Balaban J connectivity index is 1.84. The van der Waals surface area contributed by atoms with Crippen LogP contribution in [0.5, 0.6) is 0 Å². The van der Waals surface area contributed by atoms with Crippen molar-refractivity contribution in [2.45, 2.75) is 13.0 Å². The van der Waals surface area contributed by atoms with Crippen molar-refractivity contribution in [1.29, 1.82) is 0 Å². The molecule has 1 N–H and O–H groups in total. The van der Waals surface area contributed by atoms with Crippen molar-refractivity contribution < 1.29 is 4.74 Å². The molecule has 0 aliphatic carbocycles. The highest BCUT2D eigenvalue weighted by atomic mass is 32.1. The Hall–Kier alpha value is -0.420. The van der Waals surface area contributed by atoms with Crippen LogP contribution < -0.4 is 5.43 Å². The highest BCUT2D eigenvalue weighted by Gasteiger charge is 2.13. The lowest BCUT2D eigenvalue weighted by molar-refractivity contribution is 0.00487. The Kier molecular flexibility index (Phi) is 3.53. The molecule has 1 aromatic rings. The van der Waals surface area contributed by atoms with Crippen molar-refractivity contribution >= 4 is 11.3 Å². The van der Waals surface area contributed by atoms with E-state index in [2.05, 4.69) is 34.2 Å². The van der Waals surface area contributed by atoms with Crippen LogP contribution in [0, 0.1) is 0 Å². The number of hydrogen-bond acceptors (Lipinski definition) is 4. The molecule has 0 saturated carbocycles. The summed E-state index contributed by atoms with van der Waals surface area (Å²) in [6, 6.07) is 2.57. The molecule has 4 heteroatoms. The monoisotopic (exact) mass is 212 g/mol. The predicted molar refractivity (Wildman–Crippen MR) is 58.3 cm³/mol. The molecule has 1 saturated heterocycles. The van der Waals surface area contributed by atoms with E-state index >= 15 is 0 Å². The van der Waals surface area contributed by atoms with Crippen LogP contribution in [0.2, 0.25) is 0 Å². The van der Waals surface area contributed by atoms with Crippen molar-refractivity contribution in [2.75, 3.05) is 26.3 Å². The zero-order valence-corrected chi connectivity index (χ0v) is 9.22. The zero-order valence-electron chi connectivity index (χ0n) is 8.40. The van der Waals surface area contributed by atoms with Crippen LogP contribution in [0.25, 0.3) is 0 Å². The fourth-order valence-electron chi connectivity index (χ4n) is 1.56. The van der Waals surface area contributed by atoms with E-state index < -0.39 is 0 Å². The Labute approximate surface area is 88.6 Å². The van der Waals surface area contributed by atoms with Gasteiger partial charge in [-0.05, 0) is 29.3 Å². The topological polar surface area (TPSA) is 24.5 Å². The molecule has 1 aliphatic rings. The number of nitrogens with one attached hydrogen (secondary N) is 1. The van der Waals surface area contributed by atoms with E-state index in [9.17, 15) is 0 Å². The van der Waals surface area contributed by atoms with Crippen molar-refractivity contribution in [3.05, 3.63) is 22.4 Å². The van der Waals surface area contributed by atoms with Gasteiger partial charge in [0, 0.05) is 19.1 Å². The van der Waals surface area contributed by atoms with Gasteiger partial charge in [0.25, 0.3) is 0 Å². The van der Waals surface area contributed by atoms with Gasteiger partial charge in [-0.1, -0.05) is 0 Å². The highest BCUT2D eigenvalue weighted by molar-refractivity contribution is 7.07. The number of ether oxygens (including phenoxy) is 1. The maximum Gasteiger partial charge on any atom is 0.0608 e. The van der Waals surface area contributed by atoms with E-state index in [-0.39, 0.29) is 0 Å². The van der Waals surface area contributed by atoms with Crippen LogP contribution >= 0.6 is 11.3 Å². The zero-order chi connectivity index (χ0) is 9.80. The molecule has 0 aromatic carbocycles. The SMILES string of the molecule is CC(NN1CCOCC1)c1ccsc1. The Morgan fingerprint density at radius 2 is 2.29 bits per heavy atom. The van der Waals surface area contributed by atoms with E-state index in [1.807, 2.05) is 0 Å². The summed E-state index contributed by atoms with van der Waals surface area (Å²) >= 11 is 1.75. The molecule has 1 aliphatic heterocycles. The molecule has 1 unspecified atom stereocenters. The standard InChI is InChI=1S/C10H16N2OS/c1-9(10-2-7-14-8-10)11-12-3-5-13-6-4-12/h2,7-9,11H,3-6H2,1H3. The number of hydrazine groups is 1. The lowest BCUT2D eigenvalue weighted by Crippen LogP contribution is -2.46. The largest absolute Gasteiger partial charge is 0.379 e. The van der Waals surface area contributed by atoms with Gasteiger partial charge in [0.1, 0.15) is 0 Å². The quantitative estimate of drug-likeness (QED) is 0.824. The second kappa shape index (κ2) is 4.89. The summed E-state index contributed by atoms with van der Waals surface area (Å²) in [4.78, 5) is 0. The summed E-state index contributed by atoms with van der Waals surface area (Å²) in [6.45, 7) is 5.83. The minimum Gasteiger partial charge on any atom is -0.379 e. The fraction of sp³-hybridized carbons (Fsp3) is 0.600. The van der Waals surface area contributed by atoms with E-state index in [4.69, 9.17) is 4.74 Å². The minimum absolute atomic E-state index is 0.402. The van der Waals surface area contributed by atoms with Gasteiger partial charge in [-0.2, -0.15) is 11.3 Å². The van der Waals surface area contributed by atoms with Crippen LogP contribution in [0.15, 0.2) is 16.8 Å². The summed E-state index contributed by atoms with van der Waals surface area (Å²) < 4.78 is 5.29. The van der Waals surface area contributed by atoms with E-state index in [0.717, 1.165) is 26.3 Å². The smallest absolute Gasteiger partial charge is 0.0608 e. The van der Waals surface area contributed by atoms with Gasteiger partial charge in [-0.3, -0.25) is 0 Å². The molecule has 1 fully saturated rings. The molecular formula is C10H16N2OS. The lowest BCUT2D eigenvalue weighted by atomic mass is 10.2. The second-order valence-corrected chi connectivity index (χ2v) is 4.29. The van der Waals surface area contributed by atoms with Gasteiger partial charge in [0.2, 0.25) is 0 Å². The van der Waals surface area contributed by atoms with E-state index in [0.29, 0.717) is 6.04 Å². The normalized spacial score (nSPS) is 20.9. The summed E-state index contributed by atoms with van der Waals surface area (Å²) in [5.74, 6) is 0. The van der Waals surface area contributed by atoms with Gasteiger partial charge in [0.15, 0.2) is 0 Å². The van der Waals surface area contributed by atoms with Crippen LogP contribution in [0.1, 0.15) is 18.5 Å². The lowest BCUT2D eigenvalue weighted by Gasteiger charge is -2.30. The van der Waals surface area contributed by atoms with Gasteiger partial charge in [-0.25, -0.2) is 10.4 Å². The summed E-state index contributed by atoms with van der Waals surface area (Å²) in [7, 11) is 0. The minimum atomic E-state index is 0.402. The molecule has 78 valence electrons. The number of nitrogens with zero attached hydrogens (tertiary/aromatic N) is 1. The third kappa shape index (κ3) is 2.54. The third-order valence-corrected chi connectivity index (χ3v) is 3.13. The van der Waals surface area contributed by atoms with Gasteiger partial charge in [-0.15, -0.1) is 0 Å². The first-order valence-corrected chi connectivity index (χ1v) is 5.91. The van der Waals surface area contributed by atoms with Gasteiger partial charge >= 0.3 is 0 Å². The molecule has 2 heterocycles. The number of morpholine rings is 1. The Bertz CT molecular complexity index is 257. The van der Waals surface area contributed by atoms with E-state index in [1.165, 1.54) is 5.56 Å². The molecular weight excluding hydrogens is 196 g/mol. The van der Waals surface area contributed by atoms with E-state index in [1.54, 1.807) is 11.3 Å². The van der Waals surface area contributed by atoms with Crippen molar-refractivity contribution in [3.8, 4) is 0 Å². The number of hydrogen-bond donors (Lipinski definition) is 1. The maximum absolute atomic E-state index is 5.29. The van der Waals surface area contributed by atoms with Crippen LogP contribution in [0.3, 0.4) is 0 Å². The molecule has 3 nitrogen and oxygen atoms in total. The second-order valence-electron chi connectivity index (χ2n) is 3.51.